The lowest BCUT2D eigenvalue weighted by atomic mass is 10.2. The Morgan fingerprint density at radius 2 is 1.96 bits per heavy atom. The molecule has 0 spiro atoms. The highest BCUT2D eigenvalue weighted by Crippen LogP contribution is 2.30. The highest BCUT2D eigenvalue weighted by atomic mass is 35.5. The SMILES string of the molecule is O=C(NNS(=O)(=O)/C=C/c1ccc(Cl)cc1)c1cc2c(s1)CCC2. The Hall–Kier alpha value is -1.67. The van der Waals surface area contributed by atoms with Crippen LogP contribution < -0.4 is 10.3 Å². The van der Waals surface area contributed by atoms with E-state index in [1.54, 1.807) is 24.3 Å². The standard InChI is InChI=1S/C16H15ClN2O3S2/c17-13-6-4-11(5-7-13)8-9-24(21,22)19-18-16(20)15-10-12-2-1-3-14(12)23-15/h4-10,19H,1-3H2,(H,18,20)/b9-8+. The van der Waals surface area contributed by atoms with Gasteiger partial charge in [-0.2, -0.15) is 0 Å². The number of amides is 1. The predicted molar refractivity (Wildman–Crippen MR) is 96.4 cm³/mol. The Balaban J connectivity index is 1.59. The Morgan fingerprint density at radius 1 is 1.21 bits per heavy atom. The second kappa shape index (κ2) is 7.06. The van der Waals surface area contributed by atoms with Crippen molar-refractivity contribution in [2.24, 2.45) is 0 Å². The molecule has 1 aromatic carbocycles. The van der Waals surface area contributed by atoms with E-state index in [9.17, 15) is 13.2 Å². The van der Waals surface area contributed by atoms with Crippen LogP contribution in [0.4, 0.5) is 0 Å². The molecule has 0 saturated heterocycles. The molecular formula is C16H15ClN2O3S2. The maximum absolute atomic E-state index is 12.0. The molecule has 0 fully saturated rings. The second-order valence-corrected chi connectivity index (χ2v) is 8.51. The Bertz CT molecular complexity index is 865. The third-order valence-corrected chi connectivity index (χ3v) is 5.96. The number of hydrogen-bond acceptors (Lipinski definition) is 4. The van der Waals surface area contributed by atoms with Crippen molar-refractivity contribution in [3.63, 3.8) is 0 Å². The maximum atomic E-state index is 12.0. The molecule has 1 aliphatic rings. The van der Waals surface area contributed by atoms with Gasteiger partial charge < -0.3 is 0 Å². The van der Waals surface area contributed by atoms with E-state index >= 15 is 0 Å². The summed E-state index contributed by atoms with van der Waals surface area (Å²) in [5.41, 5.74) is 4.11. The van der Waals surface area contributed by atoms with Gasteiger partial charge in [0.05, 0.1) is 4.88 Å². The van der Waals surface area contributed by atoms with Crippen molar-refractivity contribution >= 4 is 44.9 Å². The van der Waals surface area contributed by atoms with Gasteiger partial charge in [0.25, 0.3) is 15.9 Å². The first-order valence-corrected chi connectivity index (χ1v) is 10.0. The second-order valence-electron chi connectivity index (χ2n) is 5.37. The van der Waals surface area contributed by atoms with Gasteiger partial charge in [-0.25, -0.2) is 8.42 Å². The fourth-order valence-electron chi connectivity index (χ4n) is 2.40. The van der Waals surface area contributed by atoms with Gasteiger partial charge in [-0.3, -0.25) is 10.2 Å². The first-order chi connectivity index (χ1) is 11.4. The molecule has 2 aromatic rings. The van der Waals surface area contributed by atoms with Crippen LogP contribution in [-0.4, -0.2) is 14.3 Å². The van der Waals surface area contributed by atoms with Crippen molar-refractivity contribution in [1.29, 1.82) is 0 Å². The molecule has 5 nitrogen and oxygen atoms in total. The fraction of sp³-hybridized carbons (Fsp3) is 0.188. The molecule has 0 aliphatic heterocycles. The lowest BCUT2D eigenvalue weighted by Gasteiger charge is -2.04. The van der Waals surface area contributed by atoms with Crippen molar-refractivity contribution in [3.05, 3.63) is 61.6 Å². The smallest absolute Gasteiger partial charge is 0.273 e. The summed E-state index contributed by atoms with van der Waals surface area (Å²) in [6, 6.07) is 8.55. The van der Waals surface area contributed by atoms with E-state index in [1.807, 2.05) is 6.07 Å². The van der Waals surface area contributed by atoms with Crippen LogP contribution in [0.25, 0.3) is 6.08 Å². The van der Waals surface area contributed by atoms with Gasteiger partial charge in [-0.1, -0.05) is 23.7 Å². The number of sulfonamides is 1. The van der Waals surface area contributed by atoms with Gasteiger partial charge in [0, 0.05) is 15.3 Å². The third-order valence-electron chi connectivity index (χ3n) is 3.59. The number of hydrogen-bond donors (Lipinski definition) is 2. The van der Waals surface area contributed by atoms with Crippen LogP contribution in [-0.2, 0) is 22.9 Å². The van der Waals surface area contributed by atoms with E-state index in [1.165, 1.54) is 27.9 Å². The Labute approximate surface area is 149 Å². The van der Waals surface area contributed by atoms with E-state index < -0.39 is 15.9 Å². The molecule has 126 valence electrons. The van der Waals surface area contributed by atoms with Gasteiger partial charge in [-0.15, -0.1) is 16.2 Å². The lowest BCUT2D eigenvalue weighted by molar-refractivity contribution is 0.0949. The molecule has 1 amide bonds. The molecule has 0 unspecified atom stereocenters. The molecule has 1 heterocycles. The summed E-state index contributed by atoms with van der Waals surface area (Å²) in [6.07, 6.45) is 4.51. The maximum Gasteiger partial charge on any atom is 0.276 e. The summed E-state index contributed by atoms with van der Waals surface area (Å²) in [6.45, 7) is 0. The van der Waals surface area contributed by atoms with Crippen molar-refractivity contribution in [2.45, 2.75) is 19.3 Å². The van der Waals surface area contributed by atoms with Crippen molar-refractivity contribution in [3.8, 4) is 0 Å². The number of benzene rings is 1. The number of fused-ring (bicyclic) bond motifs is 1. The van der Waals surface area contributed by atoms with Crippen molar-refractivity contribution in [1.82, 2.24) is 10.3 Å². The first kappa shape index (κ1) is 17.2. The zero-order valence-corrected chi connectivity index (χ0v) is 15.0. The zero-order chi connectivity index (χ0) is 17.2. The number of rotatable bonds is 5. The van der Waals surface area contributed by atoms with Crippen molar-refractivity contribution in [2.75, 3.05) is 0 Å². The van der Waals surface area contributed by atoms with Gasteiger partial charge in [-0.05, 0) is 54.7 Å². The molecular weight excluding hydrogens is 368 g/mol. The summed E-state index contributed by atoms with van der Waals surface area (Å²) >= 11 is 7.19. The number of hydrazine groups is 1. The average Bonchev–Trinajstić information content (AvgIpc) is 3.14. The molecule has 24 heavy (non-hydrogen) atoms. The number of nitrogens with one attached hydrogen (secondary N) is 2. The average molecular weight is 383 g/mol. The van der Waals surface area contributed by atoms with E-state index in [0.29, 0.717) is 15.5 Å². The van der Waals surface area contributed by atoms with Crippen LogP contribution in [0.1, 0.15) is 32.1 Å². The minimum atomic E-state index is -3.78. The quantitative estimate of drug-likeness (QED) is 0.780. The molecule has 3 rings (SSSR count). The monoisotopic (exact) mass is 382 g/mol. The molecule has 0 radical (unpaired) electrons. The van der Waals surface area contributed by atoms with Gasteiger partial charge >= 0.3 is 0 Å². The first-order valence-electron chi connectivity index (χ1n) is 7.30. The van der Waals surface area contributed by atoms with E-state index in [4.69, 9.17) is 11.6 Å². The molecule has 0 saturated carbocycles. The van der Waals surface area contributed by atoms with Gasteiger partial charge in [0.15, 0.2) is 0 Å². The van der Waals surface area contributed by atoms with E-state index in [-0.39, 0.29) is 0 Å². The zero-order valence-electron chi connectivity index (χ0n) is 12.6. The largest absolute Gasteiger partial charge is 0.276 e. The molecule has 2 N–H and O–H groups in total. The number of carbonyl (C=O) groups excluding carboxylic acids is 1. The van der Waals surface area contributed by atoms with Crippen LogP contribution in [0, 0.1) is 0 Å². The molecule has 8 heteroatoms. The van der Waals surface area contributed by atoms with Crippen LogP contribution in [0.15, 0.2) is 35.7 Å². The summed E-state index contributed by atoms with van der Waals surface area (Å²) in [5.74, 6) is -0.446. The summed E-state index contributed by atoms with van der Waals surface area (Å²) < 4.78 is 23.8. The van der Waals surface area contributed by atoms with Crippen LogP contribution in [0.5, 0.6) is 0 Å². The summed E-state index contributed by atoms with van der Waals surface area (Å²) in [7, 11) is -3.78. The predicted octanol–water partition coefficient (Wildman–Crippen LogP) is 3.13. The topological polar surface area (TPSA) is 75.3 Å². The lowest BCUT2D eigenvalue weighted by Crippen LogP contribution is -2.40. The highest BCUT2D eigenvalue weighted by molar-refractivity contribution is 7.92. The number of carbonyl (C=O) groups is 1. The summed E-state index contributed by atoms with van der Waals surface area (Å²) in [5, 5.41) is 1.56. The van der Waals surface area contributed by atoms with Crippen LogP contribution in [0.2, 0.25) is 5.02 Å². The van der Waals surface area contributed by atoms with E-state index in [0.717, 1.165) is 24.7 Å². The van der Waals surface area contributed by atoms with Crippen LogP contribution >= 0.6 is 22.9 Å². The van der Waals surface area contributed by atoms with Gasteiger partial charge in [0.1, 0.15) is 0 Å². The number of halogens is 1. The molecule has 1 aliphatic carbocycles. The molecule has 1 aromatic heterocycles. The number of aryl methyl sites for hydroxylation is 2. The summed E-state index contributed by atoms with van der Waals surface area (Å²) in [4.78, 5) is 15.8. The number of thiophene rings is 1. The third kappa shape index (κ3) is 4.24. The van der Waals surface area contributed by atoms with Crippen molar-refractivity contribution < 1.29 is 13.2 Å². The minimum absolute atomic E-state index is 0.446. The van der Waals surface area contributed by atoms with Crippen LogP contribution in [0.3, 0.4) is 0 Å². The highest BCUT2D eigenvalue weighted by Gasteiger charge is 2.19. The molecule has 0 bridgehead atoms. The fourth-order valence-corrected chi connectivity index (χ4v) is 4.31. The molecule has 0 atom stereocenters. The van der Waals surface area contributed by atoms with E-state index in [2.05, 4.69) is 10.3 Å². The Kier molecular flexibility index (Phi) is 5.05. The minimum Gasteiger partial charge on any atom is -0.273 e. The Morgan fingerprint density at radius 3 is 2.67 bits per heavy atom. The normalized spacial score (nSPS) is 14.0. The van der Waals surface area contributed by atoms with Gasteiger partial charge in [0.2, 0.25) is 0 Å².